The normalized spacial score (nSPS) is 8.76. The number of nitrogens with zero attached hydrogens (tertiary/aromatic N) is 2. The van der Waals surface area contributed by atoms with Crippen LogP contribution < -0.4 is 0 Å². The molecule has 2 aromatic rings. The molecule has 0 aliphatic carbocycles. The molecule has 0 aliphatic heterocycles. The highest BCUT2D eigenvalue weighted by Crippen LogP contribution is 2.00. The highest BCUT2D eigenvalue weighted by Gasteiger charge is 1.84. The average Bonchev–Trinajstić information content (AvgIpc) is 2.40. The van der Waals surface area contributed by atoms with Crippen LogP contribution in [0.2, 0.25) is 0 Å². The first-order valence-corrected chi connectivity index (χ1v) is 5.33. The lowest BCUT2D eigenvalue weighted by Gasteiger charge is -1.91. The minimum Gasteiger partial charge on any atom is -0.264 e. The Kier molecular flexibility index (Phi) is 5.38. The van der Waals surface area contributed by atoms with E-state index in [0.717, 1.165) is 11.1 Å². The van der Waals surface area contributed by atoms with Crippen LogP contribution in [0.5, 0.6) is 0 Å². The quantitative estimate of drug-likeness (QED) is 0.776. The zero-order valence-electron chi connectivity index (χ0n) is 10.0. The number of aryl methyl sites for hydroxylation is 1. The molecule has 2 nitrogen and oxygen atoms in total. The van der Waals surface area contributed by atoms with E-state index in [1.165, 1.54) is 5.56 Å². The van der Waals surface area contributed by atoms with E-state index in [1.807, 2.05) is 31.3 Å². The summed E-state index contributed by atoms with van der Waals surface area (Å²) in [5, 5.41) is 0. The summed E-state index contributed by atoms with van der Waals surface area (Å²) in [6.07, 6.45) is 10.7. The van der Waals surface area contributed by atoms with Crippen molar-refractivity contribution in [2.45, 2.75) is 6.92 Å². The molecule has 0 atom stereocenters. The fourth-order valence-corrected chi connectivity index (χ4v) is 1.19. The highest BCUT2D eigenvalue weighted by molar-refractivity contribution is 5.45. The Morgan fingerprint density at radius 3 is 2.12 bits per heavy atom. The van der Waals surface area contributed by atoms with E-state index >= 15 is 0 Å². The van der Waals surface area contributed by atoms with Gasteiger partial charge in [-0.1, -0.05) is 31.4 Å². The lowest BCUT2D eigenvalue weighted by Crippen LogP contribution is -1.77. The van der Waals surface area contributed by atoms with Crippen molar-refractivity contribution in [2.75, 3.05) is 0 Å². The molecule has 2 heterocycles. The third-order valence-electron chi connectivity index (χ3n) is 2.05. The van der Waals surface area contributed by atoms with Crippen LogP contribution in [0.1, 0.15) is 16.7 Å². The molecule has 0 fully saturated rings. The van der Waals surface area contributed by atoms with E-state index in [4.69, 9.17) is 0 Å². The lowest BCUT2D eigenvalue weighted by molar-refractivity contribution is 1.26. The maximum absolute atomic E-state index is 3.98. The Labute approximate surface area is 102 Å². The van der Waals surface area contributed by atoms with Crippen LogP contribution in [0.4, 0.5) is 0 Å². The van der Waals surface area contributed by atoms with Gasteiger partial charge in [0.15, 0.2) is 0 Å². The molecular weight excluding hydrogens is 208 g/mol. The molecule has 0 unspecified atom stereocenters. The van der Waals surface area contributed by atoms with Crippen LogP contribution in [-0.4, -0.2) is 9.97 Å². The smallest absolute Gasteiger partial charge is 0.0340 e. The van der Waals surface area contributed by atoms with Crippen molar-refractivity contribution in [3.05, 3.63) is 72.8 Å². The lowest BCUT2D eigenvalue weighted by atomic mass is 10.2. The first-order valence-electron chi connectivity index (χ1n) is 5.33. The van der Waals surface area contributed by atoms with Gasteiger partial charge in [0.05, 0.1) is 0 Å². The maximum atomic E-state index is 3.98. The Morgan fingerprint density at radius 1 is 1.00 bits per heavy atom. The summed E-state index contributed by atoms with van der Waals surface area (Å²) in [4.78, 5) is 7.87. The molecular formula is C15H16N2. The number of hydrogen-bond donors (Lipinski definition) is 0. The van der Waals surface area contributed by atoms with E-state index in [1.54, 1.807) is 30.7 Å². The van der Waals surface area contributed by atoms with Gasteiger partial charge in [-0.25, -0.2) is 0 Å². The first-order chi connectivity index (χ1) is 8.26. The zero-order chi connectivity index (χ0) is 12.5. The van der Waals surface area contributed by atoms with Gasteiger partial charge >= 0.3 is 0 Å². The predicted octanol–water partition coefficient (Wildman–Crippen LogP) is 3.76. The summed E-state index contributed by atoms with van der Waals surface area (Å²) >= 11 is 0. The van der Waals surface area contributed by atoms with Crippen LogP contribution in [0.15, 0.2) is 56.1 Å². The van der Waals surface area contributed by atoms with Crippen molar-refractivity contribution >= 4 is 12.2 Å². The first kappa shape index (κ1) is 12.8. The van der Waals surface area contributed by atoms with Crippen molar-refractivity contribution in [1.29, 1.82) is 0 Å². The van der Waals surface area contributed by atoms with E-state index in [2.05, 4.69) is 23.1 Å². The molecule has 0 N–H and O–H groups in total. The van der Waals surface area contributed by atoms with E-state index < -0.39 is 0 Å². The van der Waals surface area contributed by atoms with E-state index in [9.17, 15) is 0 Å². The van der Waals surface area contributed by atoms with Gasteiger partial charge in [-0.3, -0.25) is 9.97 Å². The van der Waals surface area contributed by atoms with E-state index in [0.29, 0.717) is 0 Å². The van der Waals surface area contributed by atoms with Crippen molar-refractivity contribution in [3.8, 4) is 0 Å². The summed E-state index contributed by atoms with van der Waals surface area (Å²) in [5.41, 5.74) is 3.31. The second kappa shape index (κ2) is 7.12. The second-order valence-electron chi connectivity index (χ2n) is 3.49. The van der Waals surface area contributed by atoms with Gasteiger partial charge in [0.25, 0.3) is 0 Å². The van der Waals surface area contributed by atoms with Gasteiger partial charge in [-0.05, 0) is 35.7 Å². The maximum Gasteiger partial charge on any atom is 0.0340 e. The highest BCUT2D eigenvalue weighted by atomic mass is 14.6. The fourth-order valence-electron chi connectivity index (χ4n) is 1.19. The third-order valence-corrected chi connectivity index (χ3v) is 2.05. The molecule has 0 saturated heterocycles. The van der Waals surface area contributed by atoms with Crippen LogP contribution in [0, 0.1) is 6.92 Å². The largest absolute Gasteiger partial charge is 0.264 e. The standard InChI is InChI=1S/C8H9N.C7H7N/c1-3-8-4-7(2)5-9-6-8;1-2-7-4-3-5-8-6-7/h3-6H,1H2,2H3;2-6H,1H2. The minimum absolute atomic E-state index is 1.06. The summed E-state index contributed by atoms with van der Waals surface area (Å²) < 4.78 is 0. The Balaban J connectivity index is 0.000000171. The number of hydrogen-bond acceptors (Lipinski definition) is 2. The molecule has 0 aromatic carbocycles. The van der Waals surface area contributed by atoms with Crippen molar-refractivity contribution in [3.63, 3.8) is 0 Å². The number of rotatable bonds is 2. The van der Waals surface area contributed by atoms with Crippen LogP contribution >= 0.6 is 0 Å². The van der Waals surface area contributed by atoms with Crippen molar-refractivity contribution in [2.24, 2.45) is 0 Å². The fraction of sp³-hybridized carbons (Fsp3) is 0.0667. The molecule has 2 aromatic heterocycles. The third kappa shape index (κ3) is 4.89. The summed E-state index contributed by atoms with van der Waals surface area (Å²) in [6.45, 7) is 9.24. The number of pyridine rings is 2. The van der Waals surface area contributed by atoms with E-state index in [-0.39, 0.29) is 0 Å². The average molecular weight is 224 g/mol. The molecule has 0 radical (unpaired) electrons. The Bertz CT molecular complexity index is 475. The molecule has 0 aliphatic rings. The SMILES string of the molecule is C=Cc1cccnc1.C=Cc1cncc(C)c1. The minimum atomic E-state index is 1.06. The number of aromatic nitrogens is 2. The molecule has 2 heteroatoms. The summed E-state index contributed by atoms with van der Waals surface area (Å²) in [5.74, 6) is 0. The van der Waals surface area contributed by atoms with Crippen LogP contribution in [0.25, 0.3) is 12.2 Å². The van der Waals surface area contributed by atoms with Crippen LogP contribution in [0.3, 0.4) is 0 Å². The van der Waals surface area contributed by atoms with Gasteiger partial charge in [0.2, 0.25) is 0 Å². The Morgan fingerprint density at radius 2 is 1.71 bits per heavy atom. The molecule has 17 heavy (non-hydrogen) atoms. The van der Waals surface area contributed by atoms with Gasteiger partial charge in [-0.2, -0.15) is 0 Å². The van der Waals surface area contributed by atoms with Gasteiger partial charge in [0.1, 0.15) is 0 Å². The molecule has 2 rings (SSSR count). The van der Waals surface area contributed by atoms with Crippen molar-refractivity contribution in [1.82, 2.24) is 9.97 Å². The van der Waals surface area contributed by atoms with Crippen LogP contribution in [-0.2, 0) is 0 Å². The molecule has 0 saturated carbocycles. The summed E-state index contributed by atoms with van der Waals surface area (Å²) in [6, 6.07) is 5.89. The molecule has 0 spiro atoms. The Hall–Kier alpha value is -2.22. The predicted molar refractivity (Wildman–Crippen MR) is 73.4 cm³/mol. The monoisotopic (exact) mass is 224 g/mol. The van der Waals surface area contributed by atoms with Gasteiger partial charge in [0, 0.05) is 24.8 Å². The zero-order valence-corrected chi connectivity index (χ0v) is 10.0. The van der Waals surface area contributed by atoms with Crippen molar-refractivity contribution < 1.29 is 0 Å². The molecule has 0 bridgehead atoms. The summed E-state index contributed by atoms with van der Waals surface area (Å²) in [7, 11) is 0. The topological polar surface area (TPSA) is 25.8 Å². The van der Waals surface area contributed by atoms with Gasteiger partial charge < -0.3 is 0 Å². The van der Waals surface area contributed by atoms with Gasteiger partial charge in [-0.15, -0.1) is 0 Å². The molecule has 86 valence electrons. The molecule has 0 amide bonds. The second-order valence-corrected chi connectivity index (χ2v) is 3.49.